The van der Waals surface area contributed by atoms with Gasteiger partial charge < -0.3 is 5.11 Å². The van der Waals surface area contributed by atoms with Crippen LogP contribution in [0, 0.1) is 6.92 Å². The Morgan fingerprint density at radius 1 is 1.32 bits per heavy atom. The van der Waals surface area contributed by atoms with Gasteiger partial charge in [0.15, 0.2) is 5.78 Å². The third-order valence-corrected chi connectivity index (χ3v) is 2.81. The Morgan fingerprint density at radius 3 is 2.47 bits per heavy atom. The van der Waals surface area contributed by atoms with Crippen LogP contribution in [0.2, 0.25) is 0 Å². The average Bonchev–Trinajstić information content (AvgIpc) is 2.37. The minimum Gasteiger partial charge on any atom is -0.480 e. The van der Waals surface area contributed by atoms with Crippen LogP contribution in [0.1, 0.15) is 29.9 Å². The number of carbonyl (C=O) groups is 2. The van der Waals surface area contributed by atoms with Crippen molar-refractivity contribution in [3.05, 3.63) is 60.2 Å². The Kier molecular flexibility index (Phi) is 5.73. The summed E-state index contributed by atoms with van der Waals surface area (Å²) >= 11 is 0. The van der Waals surface area contributed by atoms with E-state index in [2.05, 4.69) is 6.58 Å². The zero-order valence-electron chi connectivity index (χ0n) is 11.0. The fourth-order valence-electron chi connectivity index (χ4n) is 1.79. The summed E-state index contributed by atoms with van der Waals surface area (Å²) < 4.78 is 0. The van der Waals surface area contributed by atoms with Gasteiger partial charge in [-0.1, -0.05) is 54.6 Å². The standard InChI is InChI=1S/C16H18O3/c1-3-4-5-6-7-14(17)15(16(18)19)13-10-8-12(2)9-11-13/h3-5,8-11,15H,1,6-7H2,2H3,(H,18,19)/b5-4+. The molecule has 0 heterocycles. The molecule has 1 aromatic carbocycles. The summed E-state index contributed by atoms with van der Waals surface area (Å²) in [6.07, 6.45) is 5.92. The highest BCUT2D eigenvalue weighted by molar-refractivity contribution is 6.03. The van der Waals surface area contributed by atoms with Crippen molar-refractivity contribution in [2.24, 2.45) is 0 Å². The largest absolute Gasteiger partial charge is 0.480 e. The second kappa shape index (κ2) is 7.31. The summed E-state index contributed by atoms with van der Waals surface area (Å²) in [5.41, 5.74) is 1.57. The monoisotopic (exact) mass is 258 g/mol. The maximum absolute atomic E-state index is 12.0. The lowest BCUT2D eigenvalue weighted by Crippen LogP contribution is -2.21. The lowest BCUT2D eigenvalue weighted by Gasteiger charge is -2.11. The number of hydrogen-bond donors (Lipinski definition) is 1. The highest BCUT2D eigenvalue weighted by Crippen LogP contribution is 2.20. The fourth-order valence-corrected chi connectivity index (χ4v) is 1.79. The molecule has 100 valence electrons. The molecule has 0 fully saturated rings. The van der Waals surface area contributed by atoms with Crippen LogP contribution in [0.25, 0.3) is 0 Å². The number of ketones is 1. The van der Waals surface area contributed by atoms with E-state index in [1.807, 2.05) is 19.1 Å². The Labute approximate surface area is 113 Å². The molecule has 1 unspecified atom stereocenters. The van der Waals surface area contributed by atoms with E-state index in [0.29, 0.717) is 12.0 Å². The summed E-state index contributed by atoms with van der Waals surface area (Å²) in [7, 11) is 0. The van der Waals surface area contributed by atoms with Crippen LogP contribution in [-0.4, -0.2) is 16.9 Å². The minimum atomic E-state index is -1.10. The second-order valence-electron chi connectivity index (χ2n) is 4.35. The van der Waals surface area contributed by atoms with Crippen LogP contribution in [0.5, 0.6) is 0 Å². The van der Waals surface area contributed by atoms with Gasteiger partial charge >= 0.3 is 5.97 Å². The molecule has 0 aromatic heterocycles. The smallest absolute Gasteiger partial charge is 0.318 e. The molecule has 0 aliphatic carbocycles. The Morgan fingerprint density at radius 2 is 1.95 bits per heavy atom. The number of allylic oxidation sites excluding steroid dienone is 3. The summed E-state index contributed by atoms with van der Waals surface area (Å²) in [5, 5.41) is 9.21. The van der Waals surface area contributed by atoms with Crippen LogP contribution >= 0.6 is 0 Å². The molecule has 3 heteroatoms. The second-order valence-corrected chi connectivity index (χ2v) is 4.35. The molecule has 19 heavy (non-hydrogen) atoms. The van der Waals surface area contributed by atoms with E-state index >= 15 is 0 Å². The molecule has 3 nitrogen and oxygen atoms in total. The predicted octanol–water partition coefficient (Wildman–Crippen LogP) is 3.25. The van der Waals surface area contributed by atoms with Gasteiger partial charge in [-0.25, -0.2) is 0 Å². The van der Waals surface area contributed by atoms with Gasteiger partial charge in [-0.2, -0.15) is 0 Å². The number of Topliss-reactive ketones (excluding diaryl/α,β-unsaturated/α-hetero) is 1. The number of hydrogen-bond acceptors (Lipinski definition) is 2. The van der Waals surface area contributed by atoms with Crippen molar-refractivity contribution in [2.75, 3.05) is 0 Å². The van der Waals surface area contributed by atoms with Gasteiger partial charge in [-0.3, -0.25) is 9.59 Å². The molecule has 0 amide bonds. The minimum absolute atomic E-state index is 0.217. The summed E-state index contributed by atoms with van der Waals surface area (Å²) in [4.78, 5) is 23.3. The summed E-state index contributed by atoms with van der Waals surface area (Å²) in [5.74, 6) is -2.44. The molecule has 0 aliphatic rings. The number of carboxylic acid groups (broad SMARTS) is 1. The van der Waals surface area contributed by atoms with E-state index in [9.17, 15) is 14.7 Å². The third kappa shape index (κ3) is 4.54. The molecule has 0 aliphatic heterocycles. The summed E-state index contributed by atoms with van der Waals surface area (Å²) in [6, 6.07) is 7.03. The molecule has 0 saturated carbocycles. The maximum Gasteiger partial charge on any atom is 0.318 e. The van der Waals surface area contributed by atoms with Crippen LogP contribution in [0.15, 0.2) is 49.1 Å². The number of aryl methyl sites for hydroxylation is 1. The SMILES string of the molecule is C=C/C=C/CCC(=O)C(C(=O)O)c1ccc(C)cc1. The molecule has 0 bridgehead atoms. The van der Waals surface area contributed by atoms with Crippen LogP contribution in [0.4, 0.5) is 0 Å². The Balaban J connectivity index is 2.80. The van der Waals surface area contributed by atoms with Crippen molar-refractivity contribution in [3.8, 4) is 0 Å². The van der Waals surface area contributed by atoms with Crippen molar-refractivity contribution < 1.29 is 14.7 Å². The number of carbonyl (C=O) groups excluding carboxylic acids is 1. The molecular weight excluding hydrogens is 240 g/mol. The first kappa shape index (κ1) is 14.9. The topological polar surface area (TPSA) is 54.4 Å². The molecule has 1 rings (SSSR count). The first-order valence-corrected chi connectivity index (χ1v) is 6.16. The van der Waals surface area contributed by atoms with E-state index in [1.165, 1.54) is 0 Å². The first-order valence-electron chi connectivity index (χ1n) is 6.16. The van der Waals surface area contributed by atoms with Gasteiger partial charge in [0.1, 0.15) is 5.92 Å². The highest BCUT2D eigenvalue weighted by Gasteiger charge is 2.26. The quantitative estimate of drug-likeness (QED) is 0.603. The van der Waals surface area contributed by atoms with Crippen LogP contribution in [-0.2, 0) is 9.59 Å². The maximum atomic E-state index is 12.0. The zero-order valence-corrected chi connectivity index (χ0v) is 11.0. The van der Waals surface area contributed by atoms with E-state index in [1.54, 1.807) is 30.4 Å². The molecule has 0 spiro atoms. The van der Waals surface area contributed by atoms with Gasteiger partial charge in [0.05, 0.1) is 0 Å². The van der Waals surface area contributed by atoms with Gasteiger partial charge in [0.2, 0.25) is 0 Å². The van der Waals surface area contributed by atoms with Crippen molar-refractivity contribution in [1.82, 2.24) is 0 Å². The molecule has 1 atom stereocenters. The summed E-state index contributed by atoms with van der Waals surface area (Å²) in [6.45, 7) is 5.45. The highest BCUT2D eigenvalue weighted by atomic mass is 16.4. The van der Waals surface area contributed by atoms with E-state index in [0.717, 1.165) is 5.56 Å². The number of carboxylic acids is 1. The third-order valence-electron chi connectivity index (χ3n) is 2.81. The van der Waals surface area contributed by atoms with E-state index in [-0.39, 0.29) is 12.2 Å². The molecule has 1 aromatic rings. The normalized spacial score (nSPS) is 12.3. The van der Waals surface area contributed by atoms with Crippen molar-refractivity contribution >= 4 is 11.8 Å². The van der Waals surface area contributed by atoms with E-state index in [4.69, 9.17) is 0 Å². The molecule has 0 radical (unpaired) electrons. The Bertz CT molecular complexity index is 483. The van der Waals surface area contributed by atoms with Gasteiger partial charge in [0.25, 0.3) is 0 Å². The van der Waals surface area contributed by atoms with Gasteiger partial charge in [-0.05, 0) is 18.9 Å². The van der Waals surface area contributed by atoms with Crippen LogP contribution in [0.3, 0.4) is 0 Å². The van der Waals surface area contributed by atoms with Crippen molar-refractivity contribution in [3.63, 3.8) is 0 Å². The van der Waals surface area contributed by atoms with Gasteiger partial charge in [0, 0.05) is 6.42 Å². The van der Waals surface area contributed by atoms with Gasteiger partial charge in [-0.15, -0.1) is 0 Å². The zero-order chi connectivity index (χ0) is 14.3. The predicted molar refractivity (Wildman–Crippen MR) is 75.1 cm³/mol. The van der Waals surface area contributed by atoms with E-state index < -0.39 is 11.9 Å². The fraction of sp³-hybridized carbons (Fsp3) is 0.250. The van der Waals surface area contributed by atoms with Crippen molar-refractivity contribution in [1.29, 1.82) is 0 Å². The molecule has 1 N–H and O–H groups in total. The van der Waals surface area contributed by atoms with Crippen LogP contribution < -0.4 is 0 Å². The van der Waals surface area contributed by atoms with Crippen molar-refractivity contribution in [2.45, 2.75) is 25.7 Å². The number of benzene rings is 1. The Hall–Kier alpha value is -2.16. The molecular formula is C16H18O3. The average molecular weight is 258 g/mol. The number of rotatable bonds is 7. The lowest BCUT2D eigenvalue weighted by atomic mass is 9.92. The lowest BCUT2D eigenvalue weighted by molar-refractivity contribution is -0.142. The first-order chi connectivity index (χ1) is 9.06. The molecule has 0 saturated heterocycles. The number of aliphatic carboxylic acids is 1.